The van der Waals surface area contributed by atoms with Crippen LogP contribution in [0.3, 0.4) is 0 Å². The van der Waals surface area contributed by atoms with Gasteiger partial charge >= 0.3 is 0 Å². The lowest BCUT2D eigenvalue weighted by Crippen LogP contribution is -2.21. The topological polar surface area (TPSA) is 47.3 Å². The van der Waals surface area contributed by atoms with Crippen molar-refractivity contribution in [2.75, 3.05) is 13.1 Å². The predicted molar refractivity (Wildman–Crippen MR) is 97.7 cm³/mol. The minimum Gasteiger partial charge on any atom is -0.479 e. The molecule has 5 heteroatoms. The van der Waals surface area contributed by atoms with Gasteiger partial charge in [-0.25, -0.2) is 4.98 Å². The van der Waals surface area contributed by atoms with Crippen molar-refractivity contribution >= 4 is 11.6 Å². The predicted octanol–water partition coefficient (Wildman–Crippen LogP) is 4.72. The third kappa shape index (κ3) is 3.55. The van der Waals surface area contributed by atoms with E-state index in [1.165, 1.54) is 0 Å². The van der Waals surface area contributed by atoms with E-state index < -0.39 is 0 Å². The highest BCUT2D eigenvalue weighted by atomic mass is 35.5. The highest BCUT2D eigenvalue weighted by molar-refractivity contribution is 6.32. The second kappa shape index (κ2) is 7.30. The van der Waals surface area contributed by atoms with E-state index in [0.717, 1.165) is 30.6 Å². The summed E-state index contributed by atoms with van der Waals surface area (Å²) in [6.45, 7) is 1.86. The molecule has 1 aromatic heterocycles. The lowest BCUT2D eigenvalue weighted by atomic mass is 10.0. The molecule has 0 saturated carbocycles. The molecule has 0 bridgehead atoms. The minimum atomic E-state index is -0.245. The number of oxazole rings is 1. The quantitative estimate of drug-likeness (QED) is 0.719. The minimum absolute atomic E-state index is 0.245. The van der Waals surface area contributed by atoms with Crippen molar-refractivity contribution in [1.82, 2.24) is 10.3 Å². The van der Waals surface area contributed by atoms with Gasteiger partial charge in [-0.1, -0.05) is 48.0 Å². The summed E-state index contributed by atoms with van der Waals surface area (Å²) in [5.41, 5.74) is 2.19. The smallest absolute Gasteiger partial charge is 0.235 e. The molecule has 0 aliphatic carbocycles. The summed E-state index contributed by atoms with van der Waals surface area (Å²) in [4.78, 5) is 4.29. The summed E-state index contributed by atoms with van der Waals surface area (Å²) in [6.07, 6.45) is 4.00. The van der Waals surface area contributed by atoms with Gasteiger partial charge in [-0.2, -0.15) is 0 Å². The molecule has 1 fully saturated rings. The van der Waals surface area contributed by atoms with Crippen molar-refractivity contribution in [3.05, 3.63) is 71.9 Å². The van der Waals surface area contributed by atoms with Crippen molar-refractivity contribution in [2.24, 2.45) is 5.92 Å². The Labute approximate surface area is 151 Å². The third-order valence-corrected chi connectivity index (χ3v) is 4.81. The maximum absolute atomic E-state index is 6.50. The number of aromatic nitrogens is 1. The number of hydrogen-bond acceptors (Lipinski definition) is 4. The fraction of sp³-hybridized carbons (Fsp3) is 0.250. The van der Waals surface area contributed by atoms with Gasteiger partial charge in [-0.05, 0) is 36.2 Å². The molecule has 0 spiro atoms. The van der Waals surface area contributed by atoms with E-state index in [9.17, 15) is 0 Å². The van der Waals surface area contributed by atoms with Gasteiger partial charge < -0.3 is 14.5 Å². The average molecular weight is 355 g/mol. The molecule has 0 unspecified atom stereocenters. The Morgan fingerprint density at radius 2 is 2.04 bits per heavy atom. The van der Waals surface area contributed by atoms with Gasteiger partial charge in [0.2, 0.25) is 5.89 Å². The number of halogens is 1. The van der Waals surface area contributed by atoms with E-state index in [2.05, 4.69) is 22.4 Å². The van der Waals surface area contributed by atoms with Gasteiger partial charge in [0.25, 0.3) is 0 Å². The molecule has 1 N–H and O–H groups in total. The number of benzene rings is 2. The van der Waals surface area contributed by atoms with Gasteiger partial charge in [0.05, 0.1) is 11.2 Å². The average Bonchev–Trinajstić information content (AvgIpc) is 3.35. The van der Waals surface area contributed by atoms with Gasteiger partial charge in [0.1, 0.15) is 12.0 Å². The largest absolute Gasteiger partial charge is 0.479 e. The van der Waals surface area contributed by atoms with Crippen LogP contribution in [-0.4, -0.2) is 18.1 Å². The van der Waals surface area contributed by atoms with E-state index in [1.54, 1.807) is 12.5 Å². The van der Waals surface area contributed by atoms with Crippen LogP contribution < -0.4 is 10.1 Å². The highest BCUT2D eigenvalue weighted by Gasteiger charge is 2.31. The van der Waals surface area contributed by atoms with Crippen LogP contribution in [0.2, 0.25) is 5.02 Å². The van der Waals surface area contributed by atoms with Crippen molar-refractivity contribution < 1.29 is 9.15 Å². The molecule has 2 heterocycles. The second-order valence-electron chi connectivity index (χ2n) is 6.17. The Morgan fingerprint density at radius 3 is 2.72 bits per heavy atom. The zero-order chi connectivity index (χ0) is 17.1. The fourth-order valence-electron chi connectivity index (χ4n) is 3.20. The van der Waals surface area contributed by atoms with Crippen LogP contribution in [0.4, 0.5) is 0 Å². The van der Waals surface area contributed by atoms with Crippen molar-refractivity contribution in [3.63, 3.8) is 0 Å². The van der Waals surface area contributed by atoms with Crippen molar-refractivity contribution in [1.29, 1.82) is 0 Å². The van der Waals surface area contributed by atoms with Crippen molar-refractivity contribution in [3.8, 4) is 16.9 Å². The van der Waals surface area contributed by atoms with Gasteiger partial charge in [-0.15, -0.1) is 0 Å². The van der Waals surface area contributed by atoms with Crippen LogP contribution in [0.5, 0.6) is 5.75 Å². The normalized spacial score (nSPS) is 18.2. The first-order chi connectivity index (χ1) is 12.3. The first kappa shape index (κ1) is 16.2. The Kier molecular flexibility index (Phi) is 4.72. The van der Waals surface area contributed by atoms with Crippen LogP contribution in [0.15, 0.2) is 65.4 Å². The van der Waals surface area contributed by atoms with Crippen LogP contribution >= 0.6 is 11.6 Å². The van der Waals surface area contributed by atoms with Crippen LogP contribution in [0.1, 0.15) is 18.4 Å². The second-order valence-corrected chi connectivity index (χ2v) is 6.58. The lowest BCUT2D eigenvalue weighted by Gasteiger charge is -2.22. The molecule has 2 aromatic carbocycles. The molecule has 1 aliphatic rings. The van der Waals surface area contributed by atoms with E-state index >= 15 is 0 Å². The Balaban J connectivity index is 1.60. The molecular formula is C20H19ClN2O2. The Morgan fingerprint density at radius 1 is 1.16 bits per heavy atom. The number of ether oxygens (including phenoxy) is 1. The van der Waals surface area contributed by atoms with Crippen LogP contribution in [0.25, 0.3) is 11.1 Å². The lowest BCUT2D eigenvalue weighted by molar-refractivity contribution is 0.114. The van der Waals surface area contributed by atoms with Gasteiger partial charge in [-0.3, -0.25) is 0 Å². The molecule has 25 heavy (non-hydrogen) atoms. The first-order valence-electron chi connectivity index (χ1n) is 8.43. The molecule has 4 rings (SSSR count). The zero-order valence-electron chi connectivity index (χ0n) is 13.7. The van der Waals surface area contributed by atoms with E-state index in [-0.39, 0.29) is 6.10 Å². The summed E-state index contributed by atoms with van der Waals surface area (Å²) >= 11 is 6.50. The number of nitrogens with zero attached hydrogens (tertiary/aromatic N) is 1. The van der Waals surface area contributed by atoms with Crippen LogP contribution in [0, 0.1) is 5.92 Å². The summed E-state index contributed by atoms with van der Waals surface area (Å²) in [5.74, 6) is 1.55. The standard InChI is InChI=1S/C20H19ClN2O2/c21-17-12-15(14-4-2-1-3-5-14)6-7-18(17)25-19(16-8-9-22-13-16)20-23-10-11-24-20/h1-7,10-12,16,19,22H,8-9,13H2/t16-,19+/m1/s1. The van der Waals surface area contributed by atoms with E-state index in [0.29, 0.717) is 22.6 Å². The summed E-state index contributed by atoms with van der Waals surface area (Å²) in [6, 6.07) is 16.0. The molecule has 0 radical (unpaired) electrons. The zero-order valence-corrected chi connectivity index (χ0v) is 14.4. The molecular weight excluding hydrogens is 336 g/mol. The summed E-state index contributed by atoms with van der Waals surface area (Å²) in [5, 5.41) is 3.95. The first-order valence-corrected chi connectivity index (χ1v) is 8.81. The Hall–Kier alpha value is -2.30. The molecule has 3 aromatic rings. The van der Waals surface area contributed by atoms with Crippen molar-refractivity contribution in [2.45, 2.75) is 12.5 Å². The van der Waals surface area contributed by atoms with Gasteiger partial charge in [0.15, 0.2) is 6.10 Å². The fourth-order valence-corrected chi connectivity index (χ4v) is 3.43. The molecule has 1 saturated heterocycles. The van der Waals surface area contributed by atoms with Crippen LogP contribution in [-0.2, 0) is 0 Å². The number of nitrogens with one attached hydrogen (secondary N) is 1. The summed E-state index contributed by atoms with van der Waals surface area (Å²) in [7, 11) is 0. The molecule has 128 valence electrons. The molecule has 4 nitrogen and oxygen atoms in total. The number of hydrogen-bond donors (Lipinski definition) is 1. The third-order valence-electron chi connectivity index (χ3n) is 4.51. The monoisotopic (exact) mass is 354 g/mol. The van der Waals surface area contributed by atoms with E-state index in [4.69, 9.17) is 20.8 Å². The Bertz CT molecular complexity index is 815. The number of rotatable bonds is 5. The molecule has 0 amide bonds. The summed E-state index contributed by atoms with van der Waals surface area (Å²) < 4.78 is 11.7. The maximum atomic E-state index is 6.50. The van der Waals surface area contributed by atoms with Gasteiger partial charge in [0, 0.05) is 12.5 Å². The molecule has 1 aliphatic heterocycles. The maximum Gasteiger partial charge on any atom is 0.235 e. The van der Waals surface area contributed by atoms with E-state index in [1.807, 2.05) is 36.4 Å². The highest BCUT2D eigenvalue weighted by Crippen LogP contribution is 2.36. The molecule has 2 atom stereocenters. The SMILES string of the molecule is Clc1cc(-c2ccccc2)ccc1O[C@H](c1ncco1)[C@@H]1CCNC1.